The van der Waals surface area contributed by atoms with Crippen molar-refractivity contribution in [2.75, 3.05) is 0 Å². The van der Waals surface area contributed by atoms with Gasteiger partial charge in [0.2, 0.25) is 0 Å². The van der Waals surface area contributed by atoms with Crippen LogP contribution >= 0.6 is 0 Å². The SMILES string of the molecule is CC(C)(O)[C@H](N)C(=O)[N+](=O)[O-]. The van der Waals surface area contributed by atoms with Crippen LogP contribution in [0.3, 0.4) is 0 Å². The van der Waals surface area contributed by atoms with Crippen molar-refractivity contribution < 1.29 is 14.8 Å². The average Bonchev–Trinajstić information content (AvgIpc) is 1.82. The van der Waals surface area contributed by atoms with Crippen LogP contribution in [0.5, 0.6) is 0 Å². The fraction of sp³-hybridized carbons (Fsp3) is 0.800. The summed E-state index contributed by atoms with van der Waals surface area (Å²) in [5.41, 5.74) is 3.50. The van der Waals surface area contributed by atoms with E-state index in [1.54, 1.807) is 0 Å². The number of hydrogen-bond donors (Lipinski definition) is 2. The van der Waals surface area contributed by atoms with Crippen LogP contribution in [0.4, 0.5) is 0 Å². The smallest absolute Gasteiger partial charge is 0.388 e. The number of carbonyl (C=O) groups is 1. The molecule has 0 spiro atoms. The maximum absolute atomic E-state index is 10.5. The molecule has 0 saturated carbocycles. The molecular weight excluding hydrogens is 152 g/mol. The van der Waals surface area contributed by atoms with Crippen LogP contribution in [0.15, 0.2) is 0 Å². The standard InChI is InChI=1S/C5H10N2O4/c1-5(2,9)3(6)4(8)7(10)11/h3,9H,6H2,1-2H3/t3-/m1/s1. The Balaban J connectivity index is 4.38. The Morgan fingerprint density at radius 1 is 1.73 bits per heavy atom. The molecule has 0 bridgehead atoms. The van der Waals surface area contributed by atoms with E-state index in [1.807, 2.05) is 0 Å². The molecule has 0 aliphatic heterocycles. The van der Waals surface area contributed by atoms with Crippen molar-refractivity contribution in [2.45, 2.75) is 25.5 Å². The zero-order valence-electron chi connectivity index (χ0n) is 6.27. The lowest BCUT2D eigenvalue weighted by molar-refractivity contribution is -0.405. The van der Waals surface area contributed by atoms with Gasteiger partial charge in [-0.1, -0.05) is 0 Å². The normalized spacial score (nSPS) is 14.2. The van der Waals surface area contributed by atoms with Crippen LogP contribution < -0.4 is 5.73 Å². The molecule has 0 aliphatic carbocycles. The first kappa shape index (κ1) is 9.99. The molecule has 6 nitrogen and oxygen atoms in total. The maximum atomic E-state index is 10.5. The predicted molar refractivity (Wildman–Crippen MR) is 36.3 cm³/mol. The number of nitrogens with two attached hydrogens (primary N) is 1. The first-order valence-electron chi connectivity index (χ1n) is 2.93. The lowest BCUT2D eigenvalue weighted by Crippen LogP contribution is -2.51. The summed E-state index contributed by atoms with van der Waals surface area (Å²) in [6, 6.07) is -1.47. The number of nitrogens with zero attached hydrogens (tertiary/aromatic N) is 1. The van der Waals surface area contributed by atoms with Gasteiger partial charge in [0.1, 0.15) is 4.92 Å². The van der Waals surface area contributed by atoms with Gasteiger partial charge in [-0.05, 0) is 13.8 Å². The van der Waals surface area contributed by atoms with Crippen molar-refractivity contribution in [1.29, 1.82) is 0 Å². The maximum Gasteiger partial charge on any atom is 0.464 e. The van der Waals surface area contributed by atoms with Crippen molar-refractivity contribution >= 4 is 5.91 Å². The molecule has 0 aromatic carbocycles. The van der Waals surface area contributed by atoms with E-state index in [1.165, 1.54) is 13.8 Å². The van der Waals surface area contributed by atoms with Crippen molar-refractivity contribution in [3.05, 3.63) is 10.1 Å². The van der Waals surface area contributed by atoms with Gasteiger partial charge in [0.05, 0.1) is 5.60 Å². The van der Waals surface area contributed by atoms with E-state index in [9.17, 15) is 14.9 Å². The molecule has 0 aromatic heterocycles. The number of rotatable bonds is 2. The van der Waals surface area contributed by atoms with Crippen molar-refractivity contribution in [3.8, 4) is 0 Å². The van der Waals surface area contributed by atoms with Crippen LogP contribution in [-0.4, -0.2) is 27.6 Å². The first-order valence-corrected chi connectivity index (χ1v) is 2.93. The third-order valence-electron chi connectivity index (χ3n) is 1.21. The van der Waals surface area contributed by atoms with Crippen molar-refractivity contribution in [2.24, 2.45) is 5.73 Å². The van der Waals surface area contributed by atoms with Gasteiger partial charge in [0.15, 0.2) is 6.04 Å². The van der Waals surface area contributed by atoms with Gasteiger partial charge in [-0.15, -0.1) is 0 Å². The molecule has 1 atom stereocenters. The molecule has 0 aliphatic rings. The summed E-state index contributed by atoms with van der Waals surface area (Å²) in [6.45, 7) is 2.47. The van der Waals surface area contributed by atoms with Crippen molar-refractivity contribution in [3.63, 3.8) is 0 Å². The van der Waals surface area contributed by atoms with E-state index < -0.39 is 22.5 Å². The lowest BCUT2D eigenvalue weighted by Gasteiger charge is -2.19. The number of carbonyl (C=O) groups excluding carboxylic acids is 1. The third-order valence-corrected chi connectivity index (χ3v) is 1.21. The largest absolute Gasteiger partial charge is 0.464 e. The zero-order chi connectivity index (χ0) is 9.23. The van der Waals surface area contributed by atoms with Gasteiger partial charge < -0.3 is 10.8 Å². The van der Waals surface area contributed by atoms with Crippen LogP contribution in [-0.2, 0) is 4.79 Å². The second-order valence-electron chi connectivity index (χ2n) is 2.73. The second-order valence-corrected chi connectivity index (χ2v) is 2.73. The molecule has 0 heterocycles. The Bertz CT molecular complexity index is 183. The second kappa shape index (κ2) is 2.93. The summed E-state index contributed by atoms with van der Waals surface area (Å²) in [6.07, 6.45) is 0. The number of amides is 1. The fourth-order valence-corrected chi connectivity index (χ4v) is 0.416. The molecule has 0 rings (SSSR count). The minimum atomic E-state index is -1.55. The summed E-state index contributed by atoms with van der Waals surface area (Å²) < 4.78 is 0. The Kier molecular flexibility index (Phi) is 2.66. The van der Waals surface area contributed by atoms with E-state index in [2.05, 4.69) is 0 Å². The van der Waals surface area contributed by atoms with Gasteiger partial charge >= 0.3 is 5.91 Å². The molecule has 64 valence electrons. The molecular formula is C5H10N2O4. The summed E-state index contributed by atoms with van der Waals surface area (Å²) in [4.78, 5) is 19.2. The first-order chi connectivity index (χ1) is 4.76. The average molecular weight is 162 g/mol. The minimum absolute atomic E-state index is 1.14. The quantitative estimate of drug-likeness (QED) is 0.395. The minimum Gasteiger partial charge on any atom is -0.388 e. The Labute approximate surface area is 63.1 Å². The topological polar surface area (TPSA) is 106 Å². The summed E-state index contributed by atoms with van der Waals surface area (Å²) in [7, 11) is 0. The highest BCUT2D eigenvalue weighted by Gasteiger charge is 2.37. The molecule has 11 heavy (non-hydrogen) atoms. The monoisotopic (exact) mass is 162 g/mol. The van der Waals surface area contributed by atoms with Crippen LogP contribution in [0.2, 0.25) is 0 Å². The van der Waals surface area contributed by atoms with Gasteiger partial charge in [-0.25, -0.2) is 4.79 Å². The third kappa shape index (κ3) is 2.60. The highest BCUT2D eigenvalue weighted by Crippen LogP contribution is 2.06. The Morgan fingerprint density at radius 2 is 2.09 bits per heavy atom. The van der Waals surface area contributed by atoms with Gasteiger partial charge in [0.25, 0.3) is 0 Å². The van der Waals surface area contributed by atoms with E-state index in [4.69, 9.17) is 10.8 Å². The summed E-state index contributed by atoms with van der Waals surface area (Å²) in [5, 5.41) is 18.9. The predicted octanol–water partition coefficient (Wildman–Crippen LogP) is -1.11. The van der Waals surface area contributed by atoms with Crippen LogP contribution in [0, 0.1) is 10.1 Å². The van der Waals surface area contributed by atoms with E-state index >= 15 is 0 Å². The summed E-state index contributed by atoms with van der Waals surface area (Å²) >= 11 is 0. The molecule has 0 radical (unpaired) electrons. The molecule has 0 unspecified atom stereocenters. The highest BCUT2D eigenvalue weighted by molar-refractivity contribution is 5.74. The lowest BCUT2D eigenvalue weighted by atomic mass is 10.00. The van der Waals surface area contributed by atoms with Crippen LogP contribution in [0.1, 0.15) is 13.8 Å². The molecule has 3 N–H and O–H groups in total. The fourth-order valence-electron chi connectivity index (χ4n) is 0.416. The Hall–Kier alpha value is -1.01. The van der Waals surface area contributed by atoms with Crippen molar-refractivity contribution in [1.82, 2.24) is 0 Å². The Morgan fingerprint density at radius 3 is 2.18 bits per heavy atom. The molecule has 0 fully saturated rings. The molecule has 0 aromatic rings. The van der Waals surface area contributed by atoms with Gasteiger partial charge in [-0.3, -0.25) is 10.1 Å². The summed E-state index contributed by atoms with van der Waals surface area (Å²) in [5.74, 6) is -1.38. The molecule has 6 heteroatoms. The molecule has 0 saturated heterocycles. The number of aliphatic hydroxyl groups is 1. The number of nitro groups is 1. The van der Waals surface area contributed by atoms with Crippen LogP contribution in [0.25, 0.3) is 0 Å². The molecule has 1 amide bonds. The van der Waals surface area contributed by atoms with Gasteiger partial charge in [0, 0.05) is 0 Å². The van der Waals surface area contributed by atoms with E-state index in [0.717, 1.165) is 0 Å². The van der Waals surface area contributed by atoms with E-state index in [-0.39, 0.29) is 0 Å². The zero-order valence-corrected chi connectivity index (χ0v) is 6.27. The van der Waals surface area contributed by atoms with E-state index in [0.29, 0.717) is 0 Å². The van der Waals surface area contributed by atoms with Gasteiger partial charge in [-0.2, -0.15) is 0 Å². The number of hydrogen-bond acceptors (Lipinski definition) is 5. The highest BCUT2D eigenvalue weighted by atomic mass is 16.6.